The molecule has 0 rings (SSSR count). The summed E-state index contributed by atoms with van der Waals surface area (Å²) in [5.74, 6) is -0.101. The van der Waals surface area contributed by atoms with Crippen LogP contribution >= 0.6 is 0 Å². The van der Waals surface area contributed by atoms with Gasteiger partial charge in [-0.1, -0.05) is 32.6 Å². The maximum absolute atomic E-state index is 11.2. The van der Waals surface area contributed by atoms with E-state index < -0.39 is 0 Å². The summed E-state index contributed by atoms with van der Waals surface area (Å²) >= 11 is 0. The zero-order chi connectivity index (χ0) is 11.5. The fourth-order valence-corrected chi connectivity index (χ4v) is 1.22. The third kappa shape index (κ3) is 9.73. The lowest BCUT2D eigenvalue weighted by molar-refractivity contribution is -0.147. The zero-order valence-electron chi connectivity index (χ0n) is 10.3. The molecule has 0 aromatic carbocycles. The predicted molar refractivity (Wildman–Crippen MR) is 60.8 cm³/mol. The smallest absolute Gasteiger partial charge is 0.305 e. The summed E-state index contributed by atoms with van der Waals surface area (Å²) in [6, 6.07) is 0. The summed E-state index contributed by atoms with van der Waals surface area (Å²) in [5.41, 5.74) is 0. The maximum atomic E-state index is 11.2. The van der Waals surface area contributed by atoms with Crippen molar-refractivity contribution in [2.45, 2.75) is 58.5 Å². The van der Waals surface area contributed by atoms with Gasteiger partial charge in [-0.15, -0.1) is 0 Å². The van der Waals surface area contributed by atoms with Crippen molar-refractivity contribution in [3.63, 3.8) is 0 Å². The van der Waals surface area contributed by atoms with Gasteiger partial charge in [-0.3, -0.25) is 4.79 Å². The topological polar surface area (TPSA) is 35.5 Å². The average Bonchev–Trinajstić information content (AvgIpc) is 2.25. The van der Waals surface area contributed by atoms with Crippen molar-refractivity contribution >= 4 is 5.97 Å². The van der Waals surface area contributed by atoms with Crippen molar-refractivity contribution in [2.24, 2.45) is 0 Å². The van der Waals surface area contributed by atoms with E-state index in [1.54, 1.807) is 7.11 Å². The van der Waals surface area contributed by atoms with Gasteiger partial charge in [0, 0.05) is 13.5 Å². The number of rotatable bonds is 9. The van der Waals surface area contributed by atoms with Crippen LogP contribution in [0.2, 0.25) is 0 Å². The van der Waals surface area contributed by atoms with Crippen molar-refractivity contribution < 1.29 is 14.3 Å². The standard InChI is InChI=1S/C12H24O3/c1-4-5-6-7-8-9-12(13)15-10-11(2)14-3/h11H,4-10H2,1-3H3. The Hall–Kier alpha value is -0.570. The van der Waals surface area contributed by atoms with E-state index >= 15 is 0 Å². The lowest BCUT2D eigenvalue weighted by atomic mass is 10.1. The van der Waals surface area contributed by atoms with Gasteiger partial charge in [-0.2, -0.15) is 0 Å². The molecule has 0 aromatic heterocycles. The Labute approximate surface area is 93.1 Å². The van der Waals surface area contributed by atoms with Gasteiger partial charge in [-0.05, 0) is 13.3 Å². The van der Waals surface area contributed by atoms with Crippen LogP contribution in [0, 0.1) is 0 Å². The Morgan fingerprint density at radius 2 is 1.87 bits per heavy atom. The molecule has 0 aliphatic rings. The molecule has 0 amide bonds. The molecular weight excluding hydrogens is 192 g/mol. The van der Waals surface area contributed by atoms with Gasteiger partial charge in [-0.25, -0.2) is 0 Å². The van der Waals surface area contributed by atoms with Crippen LogP contribution in [0.25, 0.3) is 0 Å². The van der Waals surface area contributed by atoms with E-state index in [4.69, 9.17) is 9.47 Å². The number of carbonyl (C=O) groups excluding carboxylic acids is 1. The molecular formula is C12H24O3. The van der Waals surface area contributed by atoms with Crippen LogP contribution in [0.15, 0.2) is 0 Å². The summed E-state index contributed by atoms with van der Waals surface area (Å²) in [7, 11) is 1.61. The Balaban J connectivity index is 3.26. The molecule has 0 heterocycles. The van der Waals surface area contributed by atoms with Gasteiger partial charge in [0.05, 0.1) is 6.10 Å². The second kappa shape index (κ2) is 9.97. The number of esters is 1. The molecule has 0 fully saturated rings. The van der Waals surface area contributed by atoms with Crippen molar-refractivity contribution in [1.82, 2.24) is 0 Å². The monoisotopic (exact) mass is 216 g/mol. The first-order valence-electron chi connectivity index (χ1n) is 5.89. The number of ether oxygens (including phenoxy) is 2. The highest BCUT2D eigenvalue weighted by Gasteiger charge is 2.05. The highest BCUT2D eigenvalue weighted by atomic mass is 16.6. The Morgan fingerprint density at radius 1 is 1.20 bits per heavy atom. The summed E-state index contributed by atoms with van der Waals surface area (Å²) in [6.45, 7) is 4.43. The SMILES string of the molecule is CCCCCCCC(=O)OCC(C)OC. The van der Waals surface area contributed by atoms with Gasteiger partial charge < -0.3 is 9.47 Å². The molecule has 1 unspecified atom stereocenters. The van der Waals surface area contributed by atoms with Crippen LogP contribution < -0.4 is 0 Å². The van der Waals surface area contributed by atoms with Crippen LogP contribution in [0.1, 0.15) is 52.4 Å². The number of hydrogen-bond donors (Lipinski definition) is 0. The molecule has 0 N–H and O–H groups in total. The van der Waals surface area contributed by atoms with Gasteiger partial charge in [0.1, 0.15) is 6.61 Å². The molecule has 0 radical (unpaired) electrons. The highest BCUT2D eigenvalue weighted by Crippen LogP contribution is 2.05. The first-order chi connectivity index (χ1) is 7.20. The largest absolute Gasteiger partial charge is 0.463 e. The zero-order valence-corrected chi connectivity index (χ0v) is 10.3. The van der Waals surface area contributed by atoms with E-state index in [0.717, 1.165) is 12.8 Å². The van der Waals surface area contributed by atoms with Crippen LogP contribution in [0.4, 0.5) is 0 Å². The Kier molecular flexibility index (Phi) is 9.59. The molecule has 0 aliphatic carbocycles. The Bertz CT molecular complexity index is 157. The predicted octanol–water partition coefficient (Wildman–Crippen LogP) is 2.93. The molecule has 0 saturated carbocycles. The first-order valence-corrected chi connectivity index (χ1v) is 5.89. The third-order valence-electron chi connectivity index (χ3n) is 2.37. The number of carbonyl (C=O) groups is 1. The minimum Gasteiger partial charge on any atom is -0.463 e. The molecule has 1 atom stereocenters. The fourth-order valence-electron chi connectivity index (χ4n) is 1.22. The summed E-state index contributed by atoms with van der Waals surface area (Å²) in [4.78, 5) is 11.2. The van der Waals surface area contributed by atoms with Gasteiger partial charge in [0.25, 0.3) is 0 Å². The van der Waals surface area contributed by atoms with E-state index in [1.807, 2.05) is 6.92 Å². The first kappa shape index (κ1) is 14.4. The molecule has 3 heteroatoms. The van der Waals surface area contributed by atoms with Gasteiger partial charge >= 0.3 is 5.97 Å². The molecule has 0 aromatic rings. The van der Waals surface area contributed by atoms with Crippen LogP contribution in [0.3, 0.4) is 0 Å². The van der Waals surface area contributed by atoms with E-state index in [0.29, 0.717) is 13.0 Å². The number of hydrogen-bond acceptors (Lipinski definition) is 3. The lowest BCUT2D eigenvalue weighted by Gasteiger charge is -2.09. The van der Waals surface area contributed by atoms with Crippen molar-refractivity contribution in [1.29, 1.82) is 0 Å². The van der Waals surface area contributed by atoms with Crippen molar-refractivity contribution in [3.8, 4) is 0 Å². The second-order valence-corrected chi connectivity index (χ2v) is 3.89. The minimum atomic E-state index is -0.101. The quantitative estimate of drug-likeness (QED) is 0.439. The number of methoxy groups -OCH3 is 1. The summed E-state index contributed by atoms with van der Waals surface area (Å²) in [5, 5.41) is 0. The van der Waals surface area contributed by atoms with E-state index in [1.165, 1.54) is 19.3 Å². The molecule has 90 valence electrons. The highest BCUT2D eigenvalue weighted by molar-refractivity contribution is 5.69. The minimum absolute atomic E-state index is 0.00552. The molecule has 0 spiro atoms. The van der Waals surface area contributed by atoms with Crippen molar-refractivity contribution in [2.75, 3.05) is 13.7 Å². The number of unbranched alkanes of at least 4 members (excludes halogenated alkanes) is 4. The van der Waals surface area contributed by atoms with Crippen LogP contribution in [-0.4, -0.2) is 25.8 Å². The molecule has 0 saturated heterocycles. The van der Waals surface area contributed by atoms with E-state index in [2.05, 4.69) is 6.92 Å². The van der Waals surface area contributed by atoms with E-state index in [-0.39, 0.29) is 12.1 Å². The Morgan fingerprint density at radius 3 is 2.47 bits per heavy atom. The second-order valence-electron chi connectivity index (χ2n) is 3.89. The van der Waals surface area contributed by atoms with Crippen LogP contribution in [-0.2, 0) is 14.3 Å². The molecule has 0 bridgehead atoms. The normalized spacial score (nSPS) is 12.5. The fraction of sp³-hybridized carbons (Fsp3) is 0.917. The van der Waals surface area contributed by atoms with Gasteiger partial charge in [0.15, 0.2) is 0 Å². The average molecular weight is 216 g/mol. The summed E-state index contributed by atoms with van der Waals surface area (Å²) < 4.78 is 10.0. The van der Waals surface area contributed by atoms with Crippen molar-refractivity contribution in [3.05, 3.63) is 0 Å². The molecule has 0 aliphatic heterocycles. The third-order valence-corrected chi connectivity index (χ3v) is 2.37. The maximum Gasteiger partial charge on any atom is 0.305 e. The lowest BCUT2D eigenvalue weighted by Crippen LogP contribution is -2.17. The van der Waals surface area contributed by atoms with E-state index in [9.17, 15) is 4.79 Å². The summed E-state index contributed by atoms with van der Waals surface area (Å²) in [6.07, 6.45) is 6.32. The van der Waals surface area contributed by atoms with Gasteiger partial charge in [0.2, 0.25) is 0 Å². The molecule has 15 heavy (non-hydrogen) atoms. The molecule has 3 nitrogen and oxygen atoms in total. The van der Waals surface area contributed by atoms with Crippen LogP contribution in [0.5, 0.6) is 0 Å².